The Bertz CT molecular complexity index is 1020. The average molecular weight is 427 g/mol. The summed E-state index contributed by atoms with van der Waals surface area (Å²) >= 11 is 6.36. The first-order chi connectivity index (χ1) is 13.9. The summed E-state index contributed by atoms with van der Waals surface area (Å²) in [6.07, 6.45) is 1.69. The molecule has 0 unspecified atom stereocenters. The maximum absolute atomic E-state index is 12.6. The van der Waals surface area contributed by atoms with Crippen molar-refractivity contribution in [3.05, 3.63) is 64.6 Å². The highest BCUT2D eigenvalue weighted by Gasteiger charge is 2.33. The van der Waals surface area contributed by atoms with Crippen molar-refractivity contribution in [3.8, 4) is 5.75 Å². The van der Waals surface area contributed by atoms with Gasteiger partial charge in [0.15, 0.2) is 0 Å². The summed E-state index contributed by atoms with van der Waals surface area (Å²) in [5, 5.41) is 13.4. The lowest BCUT2D eigenvalue weighted by Crippen LogP contribution is -2.36. The highest BCUT2D eigenvalue weighted by molar-refractivity contribution is 8.26. The minimum atomic E-state index is -1.30. The van der Waals surface area contributed by atoms with Crippen LogP contribution in [0.4, 0.5) is 5.69 Å². The second-order valence-electron chi connectivity index (χ2n) is 5.96. The van der Waals surface area contributed by atoms with E-state index in [0.29, 0.717) is 16.3 Å². The fraction of sp³-hybridized carbons (Fsp3) is 0.100. The number of methoxy groups -OCH3 is 1. The van der Waals surface area contributed by atoms with E-state index in [2.05, 4.69) is 5.32 Å². The molecule has 1 heterocycles. The smallest absolute Gasteiger partial charge is 0.266 e. The highest BCUT2D eigenvalue weighted by atomic mass is 32.2. The molecular weight excluding hydrogens is 412 g/mol. The molecule has 0 bridgehead atoms. The van der Waals surface area contributed by atoms with E-state index in [1.54, 1.807) is 25.3 Å². The molecule has 0 radical (unpaired) electrons. The molecule has 0 atom stereocenters. The summed E-state index contributed by atoms with van der Waals surface area (Å²) in [6, 6.07) is 12.7. The van der Waals surface area contributed by atoms with Crippen LogP contribution in [0.15, 0.2) is 53.4 Å². The maximum atomic E-state index is 12.6. The van der Waals surface area contributed by atoms with Gasteiger partial charge in [-0.1, -0.05) is 48.2 Å². The van der Waals surface area contributed by atoms with Crippen molar-refractivity contribution in [3.63, 3.8) is 0 Å². The SMILES string of the molecule is COc1cccc(/C=C2/SC(=S)N(CC(=O)Nc3ccc(C(=O)[O-])cc3)C2=O)c1. The summed E-state index contributed by atoms with van der Waals surface area (Å²) in [6.45, 7) is -0.248. The maximum Gasteiger partial charge on any atom is 0.266 e. The lowest BCUT2D eigenvalue weighted by atomic mass is 10.2. The molecule has 1 fully saturated rings. The normalized spacial score (nSPS) is 14.9. The Morgan fingerprint density at radius 2 is 1.97 bits per heavy atom. The van der Waals surface area contributed by atoms with Gasteiger partial charge in [0.05, 0.1) is 18.0 Å². The molecule has 29 heavy (non-hydrogen) atoms. The molecule has 2 aromatic rings. The molecule has 1 saturated heterocycles. The van der Waals surface area contributed by atoms with E-state index in [0.717, 1.165) is 17.3 Å². The minimum Gasteiger partial charge on any atom is -0.545 e. The third kappa shape index (κ3) is 5.01. The number of benzene rings is 2. The number of hydrogen-bond donors (Lipinski definition) is 1. The van der Waals surface area contributed by atoms with Crippen molar-refractivity contribution in [2.24, 2.45) is 0 Å². The molecule has 0 aliphatic carbocycles. The number of nitrogens with one attached hydrogen (secondary N) is 1. The number of carboxylic acid groups (broad SMARTS) is 1. The van der Waals surface area contributed by atoms with Crippen molar-refractivity contribution < 1.29 is 24.2 Å². The fourth-order valence-corrected chi connectivity index (χ4v) is 3.81. The number of aromatic carboxylic acids is 1. The van der Waals surface area contributed by atoms with E-state index >= 15 is 0 Å². The fourth-order valence-electron chi connectivity index (χ4n) is 2.55. The first-order valence-electron chi connectivity index (χ1n) is 8.38. The van der Waals surface area contributed by atoms with Crippen LogP contribution in [0.3, 0.4) is 0 Å². The number of thioether (sulfide) groups is 1. The lowest BCUT2D eigenvalue weighted by Gasteiger charge is -2.14. The Hall–Kier alpha value is -3.17. The third-order valence-electron chi connectivity index (χ3n) is 3.97. The number of carbonyl (C=O) groups excluding carboxylic acids is 3. The zero-order valence-corrected chi connectivity index (χ0v) is 16.8. The zero-order valence-electron chi connectivity index (χ0n) is 15.2. The second kappa shape index (κ2) is 8.89. The predicted molar refractivity (Wildman–Crippen MR) is 112 cm³/mol. The lowest BCUT2D eigenvalue weighted by molar-refractivity contribution is -0.255. The van der Waals surface area contributed by atoms with E-state index in [-0.39, 0.29) is 22.3 Å². The minimum absolute atomic E-state index is 0.00242. The van der Waals surface area contributed by atoms with Gasteiger partial charge in [0.2, 0.25) is 5.91 Å². The van der Waals surface area contributed by atoms with Crippen LogP contribution in [0, 0.1) is 0 Å². The van der Waals surface area contributed by atoms with Crippen LogP contribution in [0.5, 0.6) is 5.75 Å². The van der Waals surface area contributed by atoms with Crippen molar-refractivity contribution in [1.82, 2.24) is 4.90 Å². The van der Waals surface area contributed by atoms with Gasteiger partial charge in [-0.05, 0) is 41.5 Å². The van der Waals surface area contributed by atoms with Crippen molar-refractivity contribution in [2.75, 3.05) is 19.0 Å². The van der Waals surface area contributed by atoms with E-state index in [9.17, 15) is 19.5 Å². The van der Waals surface area contributed by atoms with Gasteiger partial charge in [0.25, 0.3) is 5.91 Å². The molecule has 2 amide bonds. The van der Waals surface area contributed by atoms with Gasteiger partial charge in [-0.25, -0.2) is 0 Å². The van der Waals surface area contributed by atoms with E-state index < -0.39 is 11.9 Å². The second-order valence-corrected chi connectivity index (χ2v) is 7.63. The number of hydrogen-bond acceptors (Lipinski definition) is 7. The Labute approximate surface area is 176 Å². The highest BCUT2D eigenvalue weighted by Crippen LogP contribution is 2.32. The van der Waals surface area contributed by atoms with Crippen molar-refractivity contribution in [2.45, 2.75) is 0 Å². The van der Waals surface area contributed by atoms with Crippen LogP contribution >= 0.6 is 24.0 Å². The molecule has 9 heteroatoms. The van der Waals surface area contributed by atoms with Gasteiger partial charge < -0.3 is 20.0 Å². The van der Waals surface area contributed by atoms with Gasteiger partial charge in [-0.15, -0.1) is 0 Å². The molecule has 2 aromatic carbocycles. The standard InChI is InChI=1S/C20H16N2O5S2/c1-27-15-4-2-3-12(9-15)10-16-18(24)22(20(28)29-16)11-17(23)21-14-7-5-13(6-8-14)19(25)26/h2-10H,11H2,1H3,(H,21,23)(H,25,26)/p-1/b16-10+. The quantitative estimate of drug-likeness (QED) is 0.555. The monoisotopic (exact) mass is 427 g/mol. The molecule has 0 saturated carbocycles. The molecule has 148 valence electrons. The van der Waals surface area contributed by atoms with Crippen molar-refractivity contribution in [1.29, 1.82) is 0 Å². The van der Waals surface area contributed by atoms with E-state index in [1.165, 1.54) is 29.2 Å². The van der Waals surface area contributed by atoms with Crippen LogP contribution < -0.4 is 15.2 Å². The molecule has 1 aliphatic heterocycles. The molecule has 1 aliphatic rings. The molecule has 7 nitrogen and oxygen atoms in total. The van der Waals surface area contributed by atoms with Gasteiger partial charge in [0, 0.05) is 5.69 Å². The Morgan fingerprint density at radius 3 is 2.62 bits per heavy atom. The topological polar surface area (TPSA) is 98.8 Å². The Balaban J connectivity index is 1.67. The van der Waals surface area contributed by atoms with Crippen LogP contribution in [-0.2, 0) is 9.59 Å². The Morgan fingerprint density at radius 1 is 1.24 bits per heavy atom. The van der Waals surface area contributed by atoms with Crippen LogP contribution in [0.2, 0.25) is 0 Å². The predicted octanol–water partition coefficient (Wildman–Crippen LogP) is 1.90. The number of anilines is 1. The largest absolute Gasteiger partial charge is 0.545 e. The summed E-state index contributed by atoms with van der Waals surface area (Å²) < 4.78 is 5.46. The average Bonchev–Trinajstić information content (AvgIpc) is 2.96. The van der Waals surface area contributed by atoms with Gasteiger partial charge in [0.1, 0.15) is 16.6 Å². The summed E-state index contributed by atoms with van der Waals surface area (Å²) in [5.74, 6) is -1.45. The molecular formula is C20H15N2O5S2-. The Kier molecular flexibility index (Phi) is 6.30. The molecule has 0 aromatic heterocycles. The molecule has 0 spiro atoms. The van der Waals surface area contributed by atoms with Crippen LogP contribution in [0.1, 0.15) is 15.9 Å². The number of rotatable bonds is 6. The third-order valence-corrected chi connectivity index (χ3v) is 5.35. The summed E-state index contributed by atoms with van der Waals surface area (Å²) in [7, 11) is 1.56. The number of ether oxygens (including phenoxy) is 1. The number of carboxylic acids is 1. The number of carbonyl (C=O) groups is 3. The van der Waals surface area contributed by atoms with Gasteiger partial charge >= 0.3 is 0 Å². The number of nitrogens with zero attached hydrogens (tertiary/aromatic N) is 1. The van der Waals surface area contributed by atoms with Gasteiger partial charge in [-0.2, -0.15) is 0 Å². The van der Waals surface area contributed by atoms with Crippen LogP contribution in [0.25, 0.3) is 6.08 Å². The molecule has 1 N–H and O–H groups in total. The molecule has 3 rings (SSSR count). The summed E-state index contributed by atoms with van der Waals surface area (Å²) in [5.41, 5.74) is 1.18. The zero-order chi connectivity index (χ0) is 21.0. The van der Waals surface area contributed by atoms with Crippen molar-refractivity contribution >= 4 is 57.8 Å². The van der Waals surface area contributed by atoms with Crippen LogP contribution in [-0.4, -0.2) is 40.7 Å². The number of amides is 2. The summed E-state index contributed by atoms with van der Waals surface area (Å²) in [4.78, 5) is 37.3. The first kappa shape index (κ1) is 20.6. The number of thiocarbonyl (C=S) groups is 1. The van der Waals surface area contributed by atoms with E-state index in [1.807, 2.05) is 12.1 Å². The first-order valence-corrected chi connectivity index (χ1v) is 9.60. The van der Waals surface area contributed by atoms with E-state index in [4.69, 9.17) is 17.0 Å². The van der Waals surface area contributed by atoms with Gasteiger partial charge in [-0.3, -0.25) is 14.5 Å².